The molecule has 25 heavy (non-hydrogen) atoms. The highest BCUT2D eigenvalue weighted by Gasteiger charge is 2.28. The van der Waals surface area contributed by atoms with E-state index in [-0.39, 0.29) is 17.1 Å². The summed E-state index contributed by atoms with van der Waals surface area (Å²) in [5, 5.41) is 11.6. The van der Waals surface area contributed by atoms with Crippen LogP contribution in [0.3, 0.4) is 0 Å². The standard InChI is InChI=1S/C15H17F4N5S/c1-7(2)24-14(8-3-5-20-6-4-8)22-23-15(24)25-11-9(16)12(18)21-13(19)10(11)17/h7-8,20H,3-6H2,1-2H3. The van der Waals surface area contributed by atoms with Crippen molar-refractivity contribution in [2.24, 2.45) is 0 Å². The molecule has 10 heteroatoms. The van der Waals surface area contributed by atoms with Crippen LogP contribution in [0.2, 0.25) is 0 Å². The average molecular weight is 375 g/mol. The summed E-state index contributed by atoms with van der Waals surface area (Å²) in [6.07, 6.45) is 1.74. The van der Waals surface area contributed by atoms with E-state index in [0.717, 1.165) is 31.8 Å². The van der Waals surface area contributed by atoms with Crippen LogP contribution in [0, 0.1) is 23.5 Å². The van der Waals surface area contributed by atoms with Crippen LogP contribution < -0.4 is 5.32 Å². The first-order valence-corrected chi connectivity index (χ1v) is 8.75. The van der Waals surface area contributed by atoms with Gasteiger partial charge in [0.15, 0.2) is 16.8 Å². The number of piperidine rings is 1. The number of rotatable bonds is 4. The van der Waals surface area contributed by atoms with Crippen molar-refractivity contribution >= 4 is 11.8 Å². The Morgan fingerprint density at radius 1 is 1.04 bits per heavy atom. The molecule has 2 aromatic heterocycles. The molecule has 3 rings (SSSR count). The van der Waals surface area contributed by atoms with Gasteiger partial charge in [0, 0.05) is 12.0 Å². The second kappa shape index (κ2) is 7.28. The zero-order valence-corrected chi connectivity index (χ0v) is 14.5. The molecule has 1 N–H and O–H groups in total. The van der Waals surface area contributed by atoms with Crippen LogP contribution in [0.15, 0.2) is 10.1 Å². The van der Waals surface area contributed by atoms with E-state index in [9.17, 15) is 17.6 Å². The van der Waals surface area contributed by atoms with E-state index in [1.54, 1.807) is 4.57 Å². The lowest BCUT2D eigenvalue weighted by Gasteiger charge is -2.24. The smallest absolute Gasteiger partial charge is 0.252 e. The molecule has 0 atom stereocenters. The molecular weight excluding hydrogens is 358 g/mol. The van der Waals surface area contributed by atoms with E-state index in [1.165, 1.54) is 0 Å². The third-order valence-corrected chi connectivity index (χ3v) is 5.09. The summed E-state index contributed by atoms with van der Waals surface area (Å²) >= 11 is 0.513. The molecule has 0 unspecified atom stereocenters. The Labute approximate surface area is 146 Å². The number of nitrogens with zero attached hydrogens (tertiary/aromatic N) is 4. The van der Waals surface area contributed by atoms with Gasteiger partial charge in [0.1, 0.15) is 5.82 Å². The molecule has 3 heterocycles. The molecule has 5 nitrogen and oxygen atoms in total. The molecule has 1 aliphatic heterocycles. The van der Waals surface area contributed by atoms with Crippen LogP contribution in [0.25, 0.3) is 0 Å². The van der Waals surface area contributed by atoms with Crippen LogP contribution in [0.5, 0.6) is 0 Å². The fraction of sp³-hybridized carbons (Fsp3) is 0.533. The lowest BCUT2D eigenvalue weighted by Crippen LogP contribution is -2.28. The summed E-state index contributed by atoms with van der Waals surface area (Å²) in [5.74, 6) is -5.55. The first-order valence-electron chi connectivity index (χ1n) is 7.93. The summed E-state index contributed by atoms with van der Waals surface area (Å²) < 4.78 is 56.2. The fourth-order valence-electron chi connectivity index (χ4n) is 2.85. The predicted molar refractivity (Wildman–Crippen MR) is 83.4 cm³/mol. The zero-order valence-electron chi connectivity index (χ0n) is 13.7. The Morgan fingerprint density at radius 2 is 1.64 bits per heavy atom. The molecule has 0 radical (unpaired) electrons. The summed E-state index contributed by atoms with van der Waals surface area (Å²) in [5.41, 5.74) is 0. The highest BCUT2D eigenvalue weighted by Crippen LogP contribution is 2.36. The van der Waals surface area contributed by atoms with Gasteiger partial charge >= 0.3 is 0 Å². The Hall–Kier alpha value is -1.68. The van der Waals surface area contributed by atoms with Crippen LogP contribution >= 0.6 is 11.8 Å². The lowest BCUT2D eigenvalue weighted by molar-refractivity contribution is 0.382. The second-order valence-electron chi connectivity index (χ2n) is 6.08. The average Bonchev–Trinajstić information content (AvgIpc) is 3.01. The summed E-state index contributed by atoms with van der Waals surface area (Å²) in [4.78, 5) is 1.76. The van der Waals surface area contributed by atoms with E-state index in [1.807, 2.05) is 13.8 Å². The van der Waals surface area contributed by atoms with Gasteiger partial charge in [-0.3, -0.25) is 0 Å². The molecule has 1 saturated heterocycles. The highest BCUT2D eigenvalue weighted by molar-refractivity contribution is 7.99. The van der Waals surface area contributed by atoms with Gasteiger partial charge < -0.3 is 9.88 Å². The van der Waals surface area contributed by atoms with Crippen LogP contribution in [-0.4, -0.2) is 32.8 Å². The highest BCUT2D eigenvalue weighted by atomic mass is 32.2. The summed E-state index contributed by atoms with van der Waals surface area (Å²) in [7, 11) is 0. The van der Waals surface area contributed by atoms with Gasteiger partial charge in [-0.1, -0.05) is 0 Å². The van der Waals surface area contributed by atoms with Crippen molar-refractivity contribution in [2.45, 2.75) is 48.7 Å². The van der Waals surface area contributed by atoms with Gasteiger partial charge in [-0.15, -0.1) is 10.2 Å². The lowest BCUT2D eigenvalue weighted by atomic mass is 9.97. The topological polar surface area (TPSA) is 55.6 Å². The minimum absolute atomic E-state index is 0.0787. The maximum Gasteiger partial charge on any atom is 0.252 e. The Balaban J connectivity index is 2.00. The maximum absolute atomic E-state index is 13.9. The van der Waals surface area contributed by atoms with Crippen LogP contribution in [0.1, 0.15) is 44.5 Å². The van der Waals surface area contributed by atoms with Gasteiger partial charge in [0.2, 0.25) is 0 Å². The first kappa shape index (κ1) is 18.1. The molecule has 1 fully saturated rings. The van der Waals surface area contributed by atoms with E-state index in [4.69, 9.17) is 0 Å². The maximum atomic E-state index is 13.9. The second-order valence-corrected chi connectivity index (χ2v) is 7.06. The monoisotopic (exact) mass is 375 g/mol. The minimum Gasteiger partial charge on any atom is -0.317 e. The van der Waals surface area contributed by atoms with E-state index in [2.05, 4.69) is 20.5 Å². The van der Waals surface area contributed by atoms with Crippen molar-refractivity contribution in [1.29, 1.82) is 0 Å². The number of aromatic nitrogens is 4. The number of hydrogen-bond donors (Lipinski definition) is 1. The largest absolute Gasteiger partial charge is 0.317 e. The third-order valence-electron chi connectivity index (χ3n) is 4.06. The van der Waals surface area contributed by atoms with Crippen molar-refractivity contribution in [1.82, 2.24) is 25.1 Å². The van der Waals surface area contributed by atoms with E-state index in [0.29, 0.717) is 11.8 Å². The molecule has 0 amide bonds. The number of pyridine rings is 1. The number of halogens is 4. The summed E-state index contributed by atoms with van der Waals surface area (Å²) in [6.45, 7) is 5.47. The molecule has 2 aromatic rings. The quantitative estimate of drug-likeness (QED) is 0.656. The van der Waals surface area contributed by atoms with Crippen LogP contribution in [0.4, 0.5) is 17.6 Å². The third kappa shape index (κ3) is 3.50. The fourth-order valence-corrected chi connectivity index (χ4v) is 3.87. The first-order chi connectivity index (χ1) is 11.9. The van der Waals surface area contributed by atoms with Crippen molar-refractivity contribution in [2.75, 3.05) is 13.1 Å². The SMILES string of the molecule is CC(C)n1c(Sc2c(F)c(F)nc(F)c2F)nnc1C1CCNCC1. The van der Waals surface area contributed by atoms with Gasteiger partial charge in [-0.25, -0.2) is 8.78 Å². The van der Waals surface area contributed by atoms with Crippen molar-refractivity contribution in [3.63, 3.8) is 0 Å². The van der Waals surface area contributed by atoms with Crippen molar-refractivity contribution in [3.8, 4) is 0 Å². The van der Waals surface area contributed by atoms with Crippen molar-refractivity contribution < 1.29 is 17.6 Å². The zero-order chi connectivity index (χ0) is 18.1. The van der Waals surface area contributed by atoms with E-state index >= 15 is 0 Å². The van der Waals surface area contributed by atoms with Gasteiger partial charge in [-0.2, -0.15) is 13.8 Å². The van der Waals surface area contributed by atoms with Gasteiger partial charge in [0.25, 0.3) is 11.9 Å². The Bertz CT molecular complexity index is 748. The molecule has 1 aliphatic rings. The Kier molecular flexibility index (Phi) is 5.28. The molecule has 0 bridgehead atoms. The van der Waals surface area contributed by atoms with Gasteiger partial charge in [-0.05, 0) is 51.5 Å². The van der Waals surface area contributed by atoms with Gasteiger partial charge in [0.05, 0.1) is 4.90 Å². The molecule has 136 valence electrons. The molecule has 0 spiro atoms. The molecule has 0 aromatic carbocycles. The molecular formula is C15H17F4N5S. The Morgan fingerprint density at radius 3 is 2.20 bits per heavy atom. The predicted octanol–water partition coefficient (Wildman–Crippen LogP) is 3.43. The van der Waals surface area contributed by atoms with Crippen molar-refractivity contribution in [3.05, 3.63) is 29.4 Å². The molecule has 0 aliphatic carbocycles. The van der Waals surface area contributed by atoms with E-state index < -0.39 is 28.4 Å². The number of nitrogens with one attached hydrogen (secondary N) is 1. The minimum atomic E-state index is -1.68. The van der Waals surface area contributed by atoms with Crippen LogP contribution in [-0.2, 0) is 0 Å². The summed E-state index contributed by atoms with van der Waals surface area (Å²) in [6, 6.07) is -0.0787. The number of hydrogen-bond acceptors (Lipinski definition) is 5. The normalized spacial score (nSPS) is 16.0. The molecule has 0 saturated carbocycles.